The number of hydrogen-bond acceptors (Lipinski definition) is 7. The van der Waals surface area contributed by atoms with Crippen LogP contribution in [0.3, 0.4) is 0 Å². The predicted molar refractivity (Wildman–Crippen MR) is 97.4 cm³/mol. The Morgan fingerprint density at radius 1 is 1.20 bits per heavy atom. The molecule has 1 aliphatic rings. The third-order valence-electron chi connectivity index (χ3n) is 4.85. The number of piperidine rings is 1. The highest BCUT2D eigenvalue weighted by molar-refractivity contribution is 7.88. The van der Waals surface area contributed by atoms with Crippen LogP contribution in [-0.2, 0) is 22.0 Å². The van der Waals surface area contributed by atoms with Crippen molar-refractivity contribution in [3.63, 3.8) is 0 Å². The molecule has 0 radical (unpaired) electrons. The summed E-state index contributed by atoms with van der Waals surface area (Å²) in [7, 11) is -4.96. The van der Waals surface area contributed by atoms with E-state index in [0.29, 0.717) is 30.6 Å². The fraction of sp³-hybridized carbons (Fsp3) is 0.500. The number of carbonyl (C=O) groups is 1. The molecule has 2 aromatic heterocycles. The molecule has 1 saturated heterocycles. The quantitative estimate of drug-likeness (QED) is 0.493. The number of fused-ring (bicyclic) bond motifs is 1. The number of hydrogen-bond donors (Lipinski definition) is 0. The standard InChI is InChI=1S/C16H17F3N4O6S/c1-9(24)22-5-3-10(4-6-22)23-8-12-11(7-13(23)25)15(26)21(2)20-14(12)29-30(27,28)16(17,18)19/h7-8,10H,3-6H2,1-2H3. The maximum Gasteiger partial charge on any atom is 0.534 e. The molecule has 164 valence electrons. The van der Waals surface area contributed by atoms with Gasteiger partial charge in [-0.2, -0.15) is 21.6 Å². The Balaban J connectivity index is 2.12. The molecule has 0 atom stereocenters. The predicted octanol–water partition coefficient (Wildman–Crippen LogP) is 0.507. The molecule has 1 amide bonds. The van der Waals surface area contributed by atoms with Crippen molar-refractivity contribution >= 4 is 26.8 Å². The summed E-state index contributed by atoms with van der Waals surface area (Å²) in [5.41, 5.74) is -7.11. The van der Waals surface area contributed by atoms with Crippen molar-refractivity contribution in [2.75, 3.05) is 13.1 Å². The summed E-state index contributed by atoms with van der Waals surface area (Å²) in [4.78, 5) is 37.9. The number of likely N-dealkylation sites (tertiary alicyclic amines) is 1. The Morgan fingerprint density at radius 3 is 2.33 bits per heavy atom. The van der Waals surface area contributed by atoms with Gasteiger partial charge in [0.2, 0.25) is 5.91 Å². The zero-order valence-corrected chi connectivity index (χ0v) is 16.7. The first-order chi connectivity index (χ1) is 13.8. The third-order valence-corrected chi connectivity index (χ3v) is 5.80. The number of aryl methyl sites for hydroxylation is 1. The van der Waals surface area contributed by atoms with E-state index >= 15 is 0 Å². The lowest BCUT2D eigenvalue weighted by molar-refractivity contribution is -0.130. The highest BCUT2D eigenvalue weighted by atomic mass is 32.2. The zero-order valence-electron chi connectivity index (χ0n) is 15.8. The van der Waals surface area contributed by atoms with Crippen molar-refractivity contribution < 1.29 is 30.6 Å². The van der Waals surface area contributed by atoms with Crippen LogP contribution >= 0.6 is 0 Å². The largest absolute Gasteiger partial charge is 0.534 e. The summed E-state index contributed by atoms with van der Waals surface area (Å²) in [6, 6.07) is 0.498. The van der Waals surface area contributed by atoms with Gasteiger partial charge in [-0.05, 0) is 12.8 Å². The molecule has 0 aromatic carbocycles. The Kier molecular flexibility index (Phi) is 5.39. The van der Waals surface area contributed by atoms with Crippen LogP contribution in [0.1, 0.15) is 25.8 Å². The normalized spacial score (nSPS) is 16.1. The summed E-state index contributed by atoms with van der Waals surface area (Å²) >= 11 is 0. The number of amides is 1. The molecular formula is C16H17F3N4O6S. The van der Waals surface area contributed by atoms with Gasteiger partial charge in [0.25, 0.3) is 17.0 Å². The number of aromatic nitrogens is 3. The highest BCUT2D eigenvalue weighted by Crippen LogP contribution is 2.30. The average Bonchev–Trinajstić information content (AvgIpc) is 2.64. The number of rotatable bonds is 3. The Morgan fingerprint density at radius 2 is 1.80 bits per heavy atom. The van der Waals surface area contributed by atoms with E-state index in [9.17, 15) is 36.0 Å². The average molecular weight is 450 g/mol. The number of alkyl halides is 3. The van der Waals surface area contributed by atoms with Crippen LogP contribution in [0.5, 0.6) is 5.88 Å². The van der Waals surface area contributed by atoms with E-state index in [1.165, 1.54) is 11.5 Å². The molecule has 3 heterocycles. The van der Waals surface area contributed by atoms with Crippen LogP contribution < -0.4 is 15.3 Å². The fourth-order valence-corrected chi connectivity index (χ4v) is 3.69. The second-order valence-corrected chi connectivity index (χ2v) is 8.34. The van der Waals surface area contributed by atoms with Gasteiger partial charge in [0.15, 0.2) is 0 Å². The van der Waals surface area contributed by atoms with E-state index in [0.717, 1.165) is 19.3 Å². The topological polar surface area (TPSA) is 121 Å². The van der Waals surface area contributed by atoms with Crippen LogP contribution in [0, 0.1) is 0 Å². The van der Waals surface area contributed by atoms with E-state index < -0.39 is 38.7 Å². The second-order valence-electron chi connectivity index (χ2n) is 6.80. The van der Waals surface area contributed by atoms with Crippen LogP contribution in [0.4, 0.5) is 13.2 Å². The number of carbonyl (C=O) groups excluding carboxylic acids is 1. The highest BCUT2D eigenvalue weighted by Gasteiger charge is 2.49. The van der Waals surface area contributed by atoms with Gasteiger partial charge in [0.1, 0.15) is 0 Å². The minimum absolute atomic E-state index is 0.125. The molecule has 1 aliphatic heterocycles. The summed E-state index contributed by atoms with van der Waals surface area (Å²) in [5.74, 6) is -1.10. The van der Waals surface area contributed by atoms with Crippen molar-refractivity contribution in [3.8, 4) is 5.88 Å². The lowest BCUT2D eigenvalue weighted by Gasteiger charge is -2.32. The van der Waals surface area contributed by atoms with Gasteiger partial charge >= 0.3 is 15.6 Å². The van der Waals surface area contributed by atoms with Crippen LogP contribution in [-0.4, -0.2) is 52.2 Å². The monoisotopic (exact) mass is 450 g/mol. The van der Waals surface area contributed by atoms with E-state index in [1.807, 2.05) is 0 Å². The minimum Gasteiger partial charge on any atom is -0.353 e. The van der Waals surface area contributed by atoms with Crippen molar-refractivity contribution in [3.05, 3.63) is 33.0 Å². The maximum atomic E-state index is 12.7. The molecule has 0 N–H and O–H groups in total. The minimum atomic E-state index is -6.05. The van der Waals surface area contributed by atoms with Gasteiger partial charge in [-0.25, -0.2) is 4.68 Å². The van der Waals surface area contributed by atoms with E-state index in [1.54, 1.807) is 4.90 Å². The summed E-state index contributed by atoms with van der Waals surface area (Å²) in [5, 5.41) is 2.81. The van der Waals surface area contributed by atoms with Crippen LogP contribution in [0.25, 0.3) is 10.8 Å². The summed E-state index contributed by atoms with van der Waals surface area (Å²) in [6.45, 7) is 2.14. The van der Waals surface area contributed by atoms with Crippen LogP contribution in [0.2, 0.25) is 0 Å². The van der Waals surface area contributed by atoms with Crippen molar-refractivity contribution in [2.45, 2.75) is 31.3 Å². The Hall–Kier alpha value is -2.90. The maximum absolute atomic E-state index is 12.7. The summed E-state index contributed by atoms with van der Waals surface area (Å²) < 4.78 is 67.0. The van der Waals surface area contributed by atoms with Crippen LogP contribution in [0.15, 0.2) is 21.9 Å². The summed E-state index contributed by atoms with van der Waals surface area (Å²) in [6.07, 6.45) is 1.85. The molecule has 0 spiro atoms. The molecule has 2 aromatic rings. The molecule has 0 saturated carbocycles. The first-order valence-corrected chi connectivity index (χ1v) is 10.1. The molecule has 14 heteroatoms. The van der Waals surface area contributed by atoms with Gasteiger partial charge in [0, 0.05) is 45.4 Å². The Labute approximate surface area is 167 Å². The molecule has 3 rings (SSSR count). The first kappa shape index (κ1) is 21.8. The van der Waals surface area contributed by atoms with Gasteiger partial charge in [-0.1, -0.05) is 0 Å². The molecule has 0 bridgehead atoms. The van der Waals surface area contributed by atoms with Crippen molar-refractivity contribution in [1.82, 2.24) is 19.2 Å². The van der Waals surface area contributed by atoms with Gasteiger partial charge in [-0.3, -0.25) is 14.4 Å². The van der Waals surface area contributed by atoms with E-state index in [-0.39, 0.29) is 16.7 Å². The second kappa shape index (κ2) is 7.41. The zero-order chi connectivity index (χ0) is 22.4. The van der Waals surface area contributed by atoms with Gasteiger partial charge in [0.05, 0.1) is 10.8 Å². The lowest BCUT2D eigenvalue weighted by atomic mass is 10.0. The van der Waals surface area contributed by atoms with E-state index in [2.05, 4.69) is 9.28 Å². The SMILES string of the molecule is CC(=O)N1CCC(n2cc3c(OS(=O)(=O)C(F)(F)F)nn(C)c(=O)c3cc2=O)CC1. The fourth-order valence-electron chi connectivity index (χ4n) is 3.26. The molecular weight excluding hydrogens is 433 g/mol. The Bertz CT molecular complexity index is 1230. The molecule has 10 nitrogen and oxygen atoms in total. The molecule has 1 fully saturated rings. The molecule has 0 unspecified atom stereocenters. The van der Waals surface area contributed by atoms with Gasteiger partial charge < -0.3 is 13.7 Å². The van der Waals surface area contributed by atoms with Crippen molar-refractivity contribution in [2.24, 2.45) is 7.05 Å². The lowest BCUT2D eigenvalue weighted by Crippen LogP contribution is -2.39. The van der Waals surface area contributed by atoms with Crippen molar-refractivity contribution in [1.29, 1.82) is 0 Å². The van der Waals surface area contributed by atoms with E-state index in [4.69, 9.17) is 0 Å². The molecule has 30 heavy (non-hydrogen) atoms. The van der Waals surface area contributed by atoms with Gasteiger partial charge in [-0.15, -0.1) is 5.10 Å². The first-order valence-electron chi connectivity index (χ1n) is 8.71. The third kappa shape index (κ3) is 3.91. The molecule has 0 aliphatic carbocycles. The number of pyridine rings is 1. The number of halogens is 3. The number of nitrogens with zero attached hydrogens (tertiary/aromatic N) is 4. The smallest absolute Gasteiger partial charge is 0.353 e.